The topological polar surface area (TPSA) is 41.1 Å². The highest BCUT2D eigenvalue weighted by Gasteiger charge is 2.28. The largest absolute Gasteiger partial charge is 0.359 e. The maximum absolute atomic E-state index is 11.0. The molecule has 2 N–H and O–H groups in total. The van der Waals surface area contributed by atoms with Crippen molar-refractivity contribution >= 4 is 17.7 Å². The van der Waals surface area contributed by atoms with Gasteiger partial charge in [0, 0.05) is 24.8 Å². The fraction of sp³-hybridized carbons (Fsp3) is 0.909. The van der Waals surface area contributed by atoms with Gasteiger partial charge in [-0.15, -0.1) is 0 Å². The third kappa shape index (κ3) is 4.89. The molecule has 1 atom stereocenters. The molecule has 0 saturated carbocycles. The van der Waals surface area contributed by atoms with Crippen molar-refractivity contribution in [3.63, 3.8) is 0 Å². The molecule has 0 aromatic carbocycles. The Labute approximate surface area is 96.8 Å². The van der Waals surface area contributed by atoms with Gasteiger partial charge in [-0.05, 0) is 38.5 Å². The van der Waals surface area contributed by atoms with Gasteiger partial charge in [-0.2, -0.15) is 11.8 Å². The monoisotopic (exact) mass is 230 g/mol. The van der Waals surface area contributed by atoms with Crippen LogP contribution in [-0.4, -0.2) is 36.5 Å². The predicted molar refractivity (Wildman–Crippen MR) is 66.3 cm³/mol. The molecule has 0 radical (unpaired) electrons. The van der Waals surface area contributed by atoms with E-state index in [1.54, 1.807) is 7.05 Å². The molecule has 1 aliphatic heterocycles. The van der Waals surface area contributed by atoms with Crippen molar-refractivity contribution in [2.24, 2.45) is 0 Å². The highest BCUT2D eigenvalue weighted by molar-refractivity contribution is 8.00. The average Bonchev–Trinajstić information content (AvgIpc) is 2.64. The van der Waals surface area contributed by atoms with Crippen molar-refractivity contribution in [3.05, 3.63) is 0 Å². The van der Waals surface area contributed by atoms with E-state index in [9.17, 15) is 4.79 Å². The molecular weight excluding hydrogens is 208 g/mol. The molecule has 1 fully saturated rings. The average molecular weight is 230 g/mol. The first-order chi connectivity index (χ1) is 7.16. The Morgan fingerprint density at radius 2 is 2.33 bits per heavy atom. The van der Waals surface area contributed by atoms with Crippen LogP contribution in [0.25, 0.3) is 0 Å². The molecule has 0 spiro atoms. The fourth-order valence-corrected chi connectivity index (χ4v) is 3.10. The second-order valence-corrected chi connectivity index (χ2v) is 6.04. The normalized spacial score (nSPS) is 25.5. The molecule has 4 heteroatoms. The van der Waals surface area contributed by atoms with Gasteiger partial charge in [0.15, 0.2) is 0 Å². The Balaban J connectivity index is 1.99. The van der Waals surface area contributed by atoms with Crippen molar-refractivity contribution in [1.29, 1.82) is 0 Å². The van der Waals surface area contributed by atoms with Gasteiger partial charge in [-0.1, -0.05) is 0 Å². The zero-order valence-corrected chi connectivity index (χ0v) is 10.6. The van der Waals surface area contributed by atoms with Crippen LogP contribution in [0.1, 0.15) is 32.6 Å². The van der Waals surface area contributed by atoms with E-state index >= 15 is 0 Å². The lowest BCUT2D eigenvalue weighted by Gasteiger charge is -2.22. The first-order valence-electron chi connectivity index (χ1n) is 5.71. The number of amides is 1. The summed E-state index contributed by atoms with van der Waals surface area (Å²) in [5.74, 6) is 1.44. The van der Waals surface area contributed by atoms with Gasteiger partial charge in [-0.3, -0.25) is 4.79 Å². The van der Waals surface area contributed by atoms with Gasteiger partial charge in [-0.25, -0.2) is 0 Å². The Bertz CT molecular complexity index is 203. The summed E-state index contributed by atoms with van der Waals surface area (Å²) >= 11 is 2.07. The standard InChI is InChI=1S/C11H22N2OS/c1-11(6-4-8-15-11)9-13-7-3-5-10(14)12-2/h13H,3-9H2,1-2H3,(H,12,14). The van der Waals surface area contributed by atoms with E-state index in [4.69, 9.17) is 0 Å². The molecule has 1 saturated heterocycles. The number of rotatable bonds is 6. The van der Waals surface area contributed by atoms with Crippen LogP contribution in [0.15, 0.2) is 0 Å². The first-order valence-corrected chi connectivity index (χ1v) is 6.70. The number of hydrogen-bond acceptors (Lipinski definition) is 3. The van der Waals surface area contributed by atoms with E-state index in [-0.39, 0.29) is 5.91 Å². The summed E-state index contributed by atoms with van der Waals surface area (Å²) in [6, 6.07) is 0. The number of carbonyl (C=O) groups excluding carboxylic acids is 1. The number of thioether (sulfide) groups is 1. The van der Waals surface area contributed by atoms with Crippen molar-refractivity contribution in [1.82, 2.24) is 10.6 Å². The fourth-order valence-electron chi connectivity index (χ4n) is 1.83. The minimum absolute atomic E-state index is 0.137. The second kappa shape index (κ2) is 6.38. The molecular formula is C11H22N2OS. The van der Waals surface area contributed by atoms with Crippen molar-refractivity contribution in [3.8, 4) is 0 Å². The van der Waals surface area contributed by atoms with E-state index in [2.05, 4.69) is 29.3 Å². The van der Waals surface area contributed by atoms with E-state index in [0.29, 0.717) is 11.2 Å². The van der Waals surface area contributed by atoms with E-state index in [0.717, 1.165) is 19.5 Å². The van der Waals surface area contributed by atoms with Crippen molar-refractivity contribution < 1.29 is 4.79 Å². The Hall–Kier alpha value is -0.220. The van der Waals surface area contributed by atoms with E-state index in [1.165, 1.54) is 18.6 Å². The quantitative estimate of drug-likeness (QED) is 0.678. The lowest BCUT2D eigenvalue weighted by Crippen LogP contribution is -2.33. The third-order valence-corrected chi connectivity index (χ3v) is 4.37. The Kier molecular flexibility index (Phi) is 5.47. The minimum Gasteiger partial charge on any atom is -0.359 e. The number of nitrogens with one attached hydrogen (secondary N) is 2. The molecule has 0 aliphatic carbocycles. The highest BCUT2D eigenvalue weighted by Crippen LogP contribution is 2.36. The van der Waals surface area contributed by atoms with Crippen LogP contribution in [-0.2, 0) is 4.79 Å². The highest BCUT2D eigenvalue weighted by atomic mass is 32.2. The lowest BCUT2D eigenvalue weighted by atomic mass is 10.1. The van der Waals surface area contributed by atoms with Crippen LogP contribution in [0.2, 0.25) is 0 Å². The summed E-state index contributed by atoms with van der Waals surface area (Å²) in [7, 11) is 1.69. The zero-order valence-electron chi connectivity index (χ0n) is 9.77. The van der Waals surface area contributed by atoms with Gasteiger partial charge in [0.25, 0.3) is 0 Å². The summed E-state index contributed by atoms with van der Waals surface area (Å²) in [5.41, 5.74) is 0. The van der Waals surface area contributed by atoms with Gasteiger partial charge in [0.2, 0.25) is 5.91 Å². The zero-order chi connectivity index (χ0) is 11.1. The minimum atomic E-state index is 0.137. The van der Waals surface area contributed by atoms with Gasteiger partial charge in [0.05, 0.1) is 0 Å². The molecule has 3 nitrogen and oxygen atoms in total. The smallest absolute Gasteiger partial charge is 0.219 e. The summed E-state index contributed by atoms with van der Waals surface area (Å²) in [4.78, 5) is 11.0. The van der Waals surface area contributed by atoms with Crippen molar-refractivity contribution in [2.45, 2.75) is 37.4 Å². The van der Waals surface area contributed by atoms with Crippen LogP contribution in [0, 0.1) is 0 Å². The Morgan fingerprint density at radius 3 is 2.93 bits per heavy atom. The summed E-state index contributed by atoms with van der Waals surface area (Å²) in [5, 5.41) is 6.08. The molecule has 1 heterocycles. The summed E-state index contributed by atoms with van der Waals surface area (Å²) in [6.45, 7) is 4.35. The molecule has 88 valence electrons. The molecule has 0 bridgehead atoms. The van der Waals surface area contributed by atoms with Gasteiger partial charge < -0.3 is 10.6 Å². The lowest BCUT2D eigenvalue weighted by molar-refractivity contribution is -0.120. The molecule has 1 amide bonds. The van der Waals surface area contributed by atoms with Crippen molar-refractivity contribution in [2.75, 3.05) is 25.9 Å². The van der Waals surface area contributed by atoms with Gasteiger partial charge in [0.1, 0.15) is 0 Å². The molecule has 0 aromatic rings. The van der Waals surface area contributed by atoms with E-state index < -0.39 is 0 Å². The summed E-state index contributed by atoms with van der Waals surface area (Å²) in [6.07, 6.45) is 4.23. The molecule has 0 aromatic heterocycles. The van der Waals surface area contributed by atoms with Gasteiger partial charge >= 0.3 is 0 Å². The second-order valence-electron chi connectivity index (χ2n) is 4.36. The van der Waals surface area contributed by atoms with Crippen LogP contribution in [0.5, 0.6) is 0 Å². The maximum Gasteiger partial charge on any atom is 0.219 e. The molecule has 15 heavy (non-hydrogen) atoms. The van der Waals surface area contributed by atoms with Crippen LogP contribution in [0.3, 0.4) is 0 Å². The van der Waals surface area contributed by atoms with E-state index in [1.807, 2.05) is 0 Å². The number of carbonyl (C=O) groups is 1. The van der Waals surface area contributed by atoms with Crippen LogP contribution < -0.4 is 10.6 Å². The van der Waals surface area contributed by atoms with Crippen LogP contribution >= 0.6 is 11.8 Å². The molecule has 1 rings (SSSR count). The van der Waals surface area contributed by atoms with Crippen LogP contribution in [0.4, 0.5) is 0 Å². The first kappa shape index (κ1) is 12.8. The Morgan fingerprint density at radius 1 is 1.53 bits per heavy atom. The molecule has 1 aliphatic rings. The predicted octanol–water partition coefficient (Wildman–Crippen LogP) is 1.39. The molecule has 1 unspecified atom stereocenters. The third-order valence-electron chi connectivity index (χ3n) is 2.84. The maximum atomic E-state index is 11.0. The SMILES string of the molecule is CNC(=O)CCCNCC1(C)CCCS1. The summed E-state index contributed by atoms with van der Waals surface area (Å²) < 4.78 is 0.438. The number of hydrogen-bond donors (Lipinski definition) is 2.